The molecule has 2 saturated heterocycles. The number of anilines is 1. The molecule has 1 N–H and O–H groups in total. The maximum Gasteiger partial charge on any atom is 0.410 e. The molecule has 0 unspecified atom stereocenters. The quantitative estimate of drug-likeness (QED) is 0.381. The van der Waals surface area contributed by atoms with Gasteiger partial charge in [-0.1, -0.05) is 27.7 Å². The predicted molar refractivity (Wildman–Crippen MR) is 174 cm³/mol. The van der Waals surface area contributed by atoms with Gasteiger partial charge in [-0.3, -0.25) is 9.59 Å². The second-order valence-electron chi connectivity index (χ2n) is 14.8. The van der Waals surface area contributed by atoms with Crippen LogP contribution < -0.4 is 5.32 Å². The lowest BCUT2D eigenvalue weighted by Gasteiger charge is -2.44. The Bertz CT molecular complexity index is 1210. The summed E-state index contributed by atoms with van der Waals surface area (Å²) < 4.78 is 16.5. The Hall–Kier alpha value is -2.92. The molecule has 1 aromatic rings. The number of ether oxygens (including phenoxy) is 3. The van der Waals surface area contributed by atoms with Crippen molar-refractivity contribution in [2.75, 3.05) is 71.5 Å². The molecule has 0 saturated carbocycles. The second-order valence-corrected chi connectivity index (χ2v) is 14.8. The first-order chi connectivity index (χ1) is 21.2. The molecule has 0 radical (unpaired) electrons. The first-order valence-corrected chi connectivity index (χ1v) is 16.6. The normalized spacial score (nSPS) is 21.4. The summed E-state index contributed by atoms with van der Waals surface area (Å²) >= 11 is 0. The molecule has 3 amide bonds. The Morgan fingerprint density at radius 1 is 1.16 bits per heavy atom. The average molecular weight is 630 g/mol. The fourth-order valence-electron chi connectivity index (χ4n) is 6.56. The van der Waals surface area contributed by atoms with Crippen LogP contribution in [0.5, 0.6) is 0 Å². The van der Waals surface area contributed by atoms with E-state index < -0.39 is 17.6 Å². The smallest absolute Gasteiger partial charge is 0.410 e. The number of carbonyl (C=O) groups excluding carboxylic acids is 3. The highest BCUT2D eigenvalue weighted by Gasteiger charge is 2.42. The number of fused-ring (bicyclic) bond motifs is 1. The summed E-state index contributed by atoms with van der Waals surface area (Å²) in [4.78, 5) is 52.3. The number of piperidine rings is 1. The van der Waals surface area contributed by atoms with Crippen molar-refractivity contribution in [3.63, 3.8) is 0 Å². The van der Waals surface area contributed by atoms with Crippen molar-refractivity contribution in [1.82, 2.24) is 19.7 Å². The number of rotatable bonds is 10. The minimum absolute atomic E-state index is 0.00423. The fraction of sp³-hybridized carbons (Fsp3) is 0.765. The lowest BCUT2D eigenvalue weighted by Crippen LogP contribution is -2.58. The molecule has 2 fully saturated rings. The highest BCUT2D eigenvalue weighted by molar-refractivity contribution is 5.99. The van der Waals surface area contributed by atoms with Crippen molar-refractivity contribution in [3.05, 3.63) is 22.9 Å². The molecule has 3 heterocycles. The predicted octanol–water partition coefficient (Wildman–Crippen LogP) is 4.34. The van der Waals surface area contributed by atoms with E-state index in [0.717, 1.165) is 30.5 Å². The van der Waals surface area contributed by atoms with E-state index in [1.54, 1.807) is 12.0 Å². The van der Waals surface area contributed by atoms with Gasteiger partial charge in [0.15, 0.2) is 0 Å². The lowest BCUT2D eigenvalue weighted by atomic mass is 9.90. The molecule has 11 heteroatoms. The first kappa shape index (κ1) is 34.9. The molecule has 11 nitrogen and oxygen atoms in total. The van der Waals surface area contributed by atoms with Gasteiger partial charge in [-0.2, -0.15) is 0 Å². The highest BCUT2D eigenvalue weighted by Crippen LogP contribution is 2.39. The Balaban J connectivity index is 1.69. The van der Waals surface area contributed by atoms with Gasteiger partial charge in [0.05, 0.1) is 36.4 Å². The van der Waals surface area contributed by atoms with E-state index >= 15 is 0 Å². The third-order valence-corrected chi connectivity index (χ3v) is 8.83. The van der Waals surface area contributed by atoms with E-state index in [2.05, 4.69) is 33.0 Å². The molecular weight excluding hydrogens is 574 g/mol. The van der Waals surface area contributed by atoms with Crippen LogP contribution in [0.1, 0.15) is 89.3 Å². The Morgan fingerprint density at radius 3 is 2.51 bits per heavy atom. The molecule has 252 valence electrons. The molecule has 4 rings (SSSR count). The van der Waals surface area contributed by atoms with E-state index in [1.165, 1.54) is 0 Å². The van der Waals surface area contributed by atoms with Crippen LogP contribution in [0.25, 0.3) is 0 Å². The van der Waals surface area contributed by atoms with Gasteiger partial charge >= 0.3 is 6.09 Å². The van der Waals surface area contributed by atoms with Crippen LogP contribution in [0.4, 0.5) is 10.6 Å². The summed E-state index contributed by atoms with van der Waals surface area (Å²) in [7, 11) is 1.68. The van der Waals surface area contributed by atoms with Gasteiger partial charge in [-0.05, 0) is 64.0 Å². The minimum Gasteiger partial charge on any atom is -0.444 e. The first-order valence-electron chi connectivity index (χ1n) is 16.6. The molecular formula is C34H55N5O6. The number of amides is 3. The van der Waals surface area contributed by atoms with Gasteiger partial charge in [0.25, 0.3) is 5.91 Å². The minimum atomic E-state index is -0.686. The Morgan fingerprint density at radius 2 is 1.87 bits per heavy atom. The van der Waals surface area contributed by atoms with Crippen LogP contribution in [0, 0.1) is 11.8 Å². The van der Waals surface area contributed by atoms with Gasteiger partial charge in [0.2, 0.25) is 5.91 Å². The van der Waals surface area contributed by atoms with Gasteiger partial charge in [-0.15, -0.1) is 0 Å². The molecule has 3 aliphatic rings. The van der Waals surface area contributed by atoms with E-state index in [9.17, 15) is 14.4 Å². The molecule has 2 atom stereocenters. The van der Waals surface area contributed by atoms with Gasteiger partial charge in [0, 0.05) is 58.4 Å². The third-order valence-electron chi connectivity index (χ3n) is 8.83. The zero-order valence-corrected chi connectivity index (χ0v) is 28.7. The van der Waals surface area contributed by atoms with Crippen LogP contribution in [-0.4, -0.2) is 115 Å². The standard InChI is InChI=1S/C34H55N5O6/c1-23(2)20-39(31(41)27-19-24-10-11-34(6,7)28(24)36-29(27)35-12-9-15-43-8)26-18-25(30(40)37-13-16-44-17-14-37)21-38(22-26)32(42)45-33(3,4)5/h19,23,25-26H,9-18,20-22H2,1-8H3,(H,35,36)/t25-,26+/m1/s1. The third kappa shape index (κ3) is 8.87. The molecule has 1 aliphatic carbocycles. The van der Waals surface area contributed by atoms with Crippen molar-refractivity contribution in [1.29, 1.82) is 0 Å². The van der Waals surface area contributed by atoms with Crippen LogP contribution in [0.15, 0.2) is 6.07 Å². The number of methoxy groups -OCH3 is 1. The number of carbonyl (C=O) groups is 3. The summed E-state index contributed by atoms with van der Waals surface area (Å²) in [6, 6.07) is 1.65. The Kier molecular flexibility index (Phi) is 11.4. The number of aryl methyl sites for hydroxylation is 1. The van der Waals surface area contributed by atoms with E-state index in [0.29, 0.717) is 70.3 Å². The molecule has 0 spiro atoms. The number of likely N-dealkylation sites (tertiary alicyclic amines) is 1. The van der Waals surface area contributed by atoms with Crippen molar-refractivity contribution in [2.45, 2.75) is 91.2 Å². The topological polar surface area (TPSA) is 114 Å². The molecule has 0 bridgehead atoms. The average Bonchev–Trinajstić information content (AvgIpc) is 3.29. The van der Waals surface area contributed by atoms with Gasteiger partial charge < -0.3 is 34.2 Å². The Labute approximate surface area is 269 Å². The van der Waals surface area contributed by atoms with E-state index in [-0.39, 0.29) is 35.7 Å². The van der Waals surface area contributed by atoms with Crippen molar-refractivity contribution < 1.29 is 28.6 Å². The molecule has 2 aliphatic heterocycles. The van der Waals surface area contributed by atoms with Crippen LogP contribution >= 0.6 is 0 Å². The zero-order valence-electron chi connectivity index (χ0n) is 28.7. The number of aromatic nitrogens is 1. The van der Waals surface area contributed by atoms with E-state index in [4.69, 9.17) is 19.2 Å². The SMILES string of the molecule is COCCCNc1nc2c(cc1C(=O)N(CC(C)C)[C@H]1C[C@@H](C(=O)N3CCOCC3)CN(C(=O)OC(C)(C)C)C1)CCC2(C)C. The summed E-state index contributed by atoms with van der Waals surface area (Å²) in [5, 5.41) is 3.43. The molecule has 0 aromatic carbocycles. The van der Waals surface area contributed by atoms with Gasteiger partial charge in [0.1, 0.15) is 11.4 Å². The van der Waals surface area contributed by atoms with Crippen molar-refractivity contribution >= 4 is 23.7 Å². The molecule has 1 aromatic heterocycles. The van der Waals surface area contributed by atoms with Crippen molar-refractivity contribution in [2.24, 2.45) is 11.8 Å². The number of nitrogens with one attached hydrogen (secondary N) is 1. The van der Waals surface area contributed by atoms with Crippen LogP contribution in [0.2, 0.25) is 0 Å². The number of nitrogens with zero attached hydrogens (tertiary/aromatic N) is 4. The summed E-state index contributed by atoms with van der Waals surface area (Å²) in [5.41, 5.74) is 1.93. The number of morpholine rings is 1. The van der Waals surface area contributed by atoms with Crippen molar-refractivity contribution in [3.8, 4) is 0 Å². The second kappa shape index (κ2) is 14.7. The largest absolute Gasteiger partial charge is 0.444 e. The fourth-order valence-corrected chi connectivity index (χ4v) is 6.56. The maximum absolute atomic E-state index is 14.7. The number of hydrogen-bond acceptors (Lipinski definition) is 8. The summed E-state index contributed by atoms with van der Waals surface area (Å²) in [6.07, 6.45) is 2.63. The lowest BCUT2D eigenvalue weighted by molar-refractivity contribution is -0.142. The maximum atomic E-state index is 14.7. The van der Waals surface area contributed by atoms with E-state index in [1.807, 2.05) is 36.6 Å². The monoisotopic (exact) mass is 629 g/mol. The highest BCUT2D eigenvalue weighted by atomic mass is 16.6. The van der Waals surface area contributed by atoms with Gasteiger partial charge in [-0.25, -0.2) is 9.78 Å². The summed E-state index contributed by atoms with van der Waals surface area (Å²) in [5.74, 6) is 0.155. The summed E-state index contributed by atoms with van der Waals surface area (Å²) in [6.45, 7) is 18.4. The zero-order chi connectivity index (χ0) is 32.9. The molecule has 45 heavy (non-hydrogen) atoms. The van der Waals surface area contributed by atoms with Crippen LogP contribution in [-0.2, 0) is 30.8 Å². The number of pyridine rings is 1. The number of hydrogen-bond donors (Lipinski definition) is 1. The van der Waals surface area contributed by atoms with Crippen LogP contribution in [0.3, 0.4) is 0 Å².